The first-order valence-corrected chi connectivity index (χ1v) is 10.6. The number of carbonyl (C=O) groups excluding carboxylic acids is 1. The molecule has 10 heteroatoms. The maximum Gasteiger partial charge on any atom is 0.416 e. The Morgan fingerprint density at radius 2 is 1.63 bits per heavy atom. The molecule has 1 aliphatic rings. The average Bonchev–Trinajstić information content (AvgIpc) is 2.74. The number of carbonyl (C=O) groups is 1. The third-order valence-electron chi connectivity index (χ3n) is 4.86. The van der Waals surface area contributed by atoms with Gasteiger partial charge in [-0.3, -0.25) is 4.79 Å². The van der Waals surface area contributed by atoms with Gasteiger partial charge < -0.3 is 9.47 Å². The number of alkyl halides is 3. The second-order valence-corrected chi connectivity index (χ2v) is 8.74. The highest BCUT2D eigenvalue weighted by Gasteiger charge is 2.35. The van der Waals surface area contributed by atoms with Crippen molar-refractivity contribution in [1.29, 1.82) is 0 Å². The summed E-state index contributed by atoms with van der Waals surface area (Å²) in [5.74, 6) is -0.0148. The molecule has 1 heterocycles. The van der Waals surface area contributed by atoms with Gasteiger partial charge in [-0.25, -0.2) is 8.42 Å². The van der Waals surface area contributed by atoms with Gasteiger partial charge in [-0.2, -0.15) is 17.5 Å². The quantitative estimate of drug-likeness (QED) is 0.520. The highest BCUT2D eigenvalue weighted by atomic mass is 32.2. The van der Waals surface area contributed by atoms with E-state index in [1.54, 1.807) is 24.3 Å². The van der Waals surface area contributed by atoms with Crippen LogP contribution in [-0.4, -0.2) is 38.9 Å². The Hall–Kier alpha value is -2.59. The third-order valence-corrected chi connectivity index (χ3v) is 6.76. The van der Waals surface area contributed by atoms with Gasteiger partial charge in [0, 0.05) is 13.1 Å². The SMILES string of the molecule is COc1ccc(OC(=O)C2CCN(S(=O)(=O)c3cccc(C(F)(F)F)c3)CC2)cc1. The van der Waals surface area contributed by atoms with E-state index >= 15 is 0 Å². The summed E-state index contributed by atoms with van der Waals surface area (Å²) >= 11 is 0. The number of hydrogen-bond acceptors (Lipinski definition) is 5. The summed E-state index contributed by atoms with van der Waals surface area (Å²) in [5.41, 5.74) is -1.03. The van der Waals surface area contributed by atoms with Gasteiger partial charge in [-0.05, 0) is 55.3 Å². The second kappa shape index (κ2) is 8.65. The molecule has 30 heavy (non-hydrogen) atoms. The van der Waals surface area contributed by atoms with Gasteiger partial charge in [-0.15, -0.1) is 0 Å². The molecule has 0 radical (unpaired) electrons. The van der Waals surface area contributed by atoms with Crippen LogP contribution < -0.4 is 9.47 Å². The van der Waals surface area contributed by atoms with Gasteiger partial charge >= 0.3 is 12.1 Å². The number of benzene rings is 2. The summed E-state index contributed by atoms with van der Waals surface area (Å²) < 4.78 is 75.6. The van der Waals surface area contributed by atoms with Crippen molar-refractivity contribution in [1.82, 2.24) is 4.31 Å². The van der Waals surface area contributed by atoms with Gasteiger partial charge in [0.1, 0.15) is 11.5 Å². The van der Waals surface area contributed by atoms with Crippen LogP contribution >= 0.6 is 0 Å². The lowest BCUT2D eigenvalue weighted by molar-refractivity contribution is -0.140. The second-order valence-electron chi connectivity index (χ2n) is 6.80. The number of hydrogen-bond donors (Lipinski definition) is 0. The monoisotopic (exact) mass is 443 g/mol. The zero-order chi connectivity index (χ0) is 21.9. The lowest BCUT2D eigenvalue weighted by Crippen LogP contribution is -2.41. The number of halogens is 3. The number of ether oxygens (including phenoxy) is 2. The summed E-state index contributed by atoms with van der Waals surface area (Å²) in [4.78, 5) is 11.9. The Morgan fingerprint density at radius 3 is 2.20 bits per heavy atom. The molecule has 3 rings (SSSR count). The zero-order valence-corrected chi connectivity index (χ0v) is 16.9. The Labute approximate surface area is 172 Å². The van der Waals surface area contributed by atoms with Crippen LogP contribution in [0.1, 0.15) is 18.4 Å². The Balaban J connectivity index is 1.63. The molecule has 0 unspecified atom stereocenters. The van der Waals surface area contributed by atoms with E-state index in [1.165, 1.54) is 7.11 Å². The van der Waals surface area contributed by atoms with E-state index in [4.69, 9.17) is 9.47 Å². The molecule has 0 bridgehead atoms. The number of methoxy groups -OCH3 is 1. The molecule has 162 valence electrons. The van der Waals surface area contributed by atoms with Gasteiger partial charge in [0.2, 0.25) is 10.0 Å². The van der Waals surface area contributed by atoms with Crippen LogP contribution in [0.3, 0.4) is 0 Å². The first kappa shape index (κ1) is 22.1. The molecule has 2 aromatic carbocycles. The molecular formula is C20H20F3NO5S. The maximum absolute atomic E-state index is 12.9. The van der Waals surface area contributed by atoms with E-state index in [2.05, 4.69) is 0 Å². The van der Waals surface area contributed by atoms with Crippen molar-refractivity contribution in [3.63, 3.8) is 0 Å². The van der Waals surface area contributed by atoms with Gasteiger partial charge in [0.15, 0.2) is 0 Å². The number of sulfonamides is 1. The first-order chi connectivity index (χ1) is 14.1. The van der Waals surface area contributed by atoms with Gasteiger partial charge in [0.25, 0.3) is 0 Å². The van der Waals surface area contributed by atoms with Crippen molar-refractivity contribution in [2.75, 3.05) is 20.2 Å². The van der Waals surface area contributed by atoms with E-state index < -0.39 is 38.5 Å². The predicted molar refractivity (Wildman–Crippen MR) is 102 cm³/mol. The molecule has 0 atom stereocenters. The van der Waals surface area contributed by atoms with Crippen molar-refractivity contribution in [2.45, 2.75) is 23.9 Å². The fourth-order valence-corrected chi connectivity index (χ4v) is 4.67. The van der Waals surface area contributed by atoms with Crippen LogP contribution in [0.2, 0.25) is 0 Å². The van der Waals surface area contributed by atoms with E-state index in [1.807, 2.05) is 0 Å². The molecule has 1 saturated heterocycles. The van der Waals surface area contributed by atoms with Crippen molar-refractivity contribution < 1.29 is 35.9 Å². The number of rotatable bonds is 5. The zero-order valence-electron chi connectivity index (χ0n) is 16.1. The Morgan fingerprint density at radius 1 is 1.03 bits per heavy atom. The molecule has 0 amide bonds. The molecule has 0 N–H and O–H groups in total. The summed E-state index contributed by atoms with van der Waals surface area (Å²) in [6.45, 7) is 0.0297. The predicted octanol–water partition coefficient (Wildman–Crippen LogP) is 3.72. The van der Waals surface area contributed by atoms with E-state index in [-0.39, 0.29) is 25.9 Å². The van der Waals surface area contributed by atoms with E-state index in [0.717, 1.165) is 22.5 Å². The van der Waals surface area contributed by atoms with Crippen LogP contribution in [0.4, 0.5) is 13.2 Å². The third kappa shape index (κ3) is 4.93. The smallest absolute Gasteiger partial charge is 0.416 e. The number of nitrogens with zero attached hydrogens (tertiary/aromatic N) is 1. The molecule has 1 fully saturated rings. The highest BCUT2D eigenvalue weighted by Crippen LogP contribution is 2.32. The van der Waals surface area contributed by atoms with Crippen LogP contribution in [0.25, 0.3) is 0 Å². The summed E-state index contributed by atoms with van der Waals surface area (Å²) in [7, 11) is -2.58. The largest absolute Gasteiger partial charge is 0.497 e. The van der Waals surface area contributed by atoms with Crippen molar-refractivity contribution >= 4 is 16.0 Å². The summed E-state index contributed by atoms with van der Waals surface area (Å²) in [6.07, 6.45) is -4.20. The lowest BCUT2D eigenvalue weighted by Gasteiger charge is -2.30. The molecule has 0 aromatic heterocycles. The average molecular weight is 443 g/mol. The van der Waals surface area contributed by atoms with E-state index in [0.29, 0.717) is 17.6 Å². The molecule has 2 aromatic rings. The van der Waals surface area contributed by atoms with Crippen LogP contribution in [0.15, 0.2) is 53.4 Å². The molecule has 0 spiro atoms. The standard InChI is InChI=1S/C20H20F3NO5S/c1-28-16-5-7-17(8-6-16)29-19(25)14-9-11-24(12-10-14)30(26,27)18-4-2-3-15(13-18)20(21,22)23/h2-8,13-14H,9-12H2,1H3. The van der Waals surface area contributed by atoms with Crippen LogP contribution in [-0.2, 0) is 21.0 Å². The molecule has 6 nitrogen and oxygen atoms in total. The van der Waals surface area contributed by atoms with Gasteiger partial charge in [-0.1, -0.05) is 6.07 Å². The highest BCUT2D eigenvalue weighted by molar-refractivity contribution is 7.89. The normalized spacial score (nSPS) is 16.3. The molecule has 1 aliphatic heterocycles. The van der Waals surface area contributed by atoms with Gasteiger partial charge in [0.05, 0.1) is 23.5 Å². The fraction of sp³-hybridized carbons (Fsp3) is 0.350. The lowest BCUT2D eigenvalue weighted by atomic mass is 9.98. The fourth-order valence-electron chi connectivity index (χ4n) is 3.16. The Bertz CT molecular complexity index is 998. The first-order valence-electron chi connectivity index (χ1n) is 9.14. The number of esters is 1. The molecule has 0 aliphatic carbocycles. The minimum Gasteiger partial charge on any atom is -0.497 e. The Kier molecular flexibility index (Phi) is 6.37. The van der Waals surface area contributed by atoms with Crippen LogP contribution in [0, 0.1) is 5.92 Å². The maximum atomic E-state index is 12.9. The van der Waals surface area contributed by atoms with Crippen LogP contribution in [0.5, 0.6) is 11.5 Å². The number of piperidine rings is 1. The minimum absolute atomic E-state index is 0.0148. The van der Waals surface area contributed by atoms with Crippen molar-refractivity contribution in [3.05, 3.63) is 54.1 Å². The molecule has 0 saturated carbocycles. The topological polar surface area (TPSA) is 72.9 Å². The minimum atomic E-state index is -4.64. The summed E-state index contributed by atoms with van der Waals surface area (Å²) in [6, 6.07) is 10.1. The summed E-state index contributed by atoms with van der Waals surface area (Å²) in [5, 5.41) is 0. The van der Waals surface area contributed by atoms with Crippen molar-refractivity contribution in [3.8, 4) is 11.5 Å². The van der Waals surface area contributed by atoms with E-state index in [9.17, 15) is 26.4 Å². The van der Waals surface area contributed by atoms with Crippen molar-refractivity contribution in [2.24, 2.45) is 5.92 Å². The molecular weight excluding hydrogens is 423 g/mol.